The first-order chi connectivity index (χ1) is 6.83. The Morgan fingerprint density at radius 2 is 1.93 bits per heavy atom. The largest absolute Gasteiger partial charge is 0.402 e. The van der Waals surface area contributed by atoms with Gasteiger partial charge in [0, 0.05) is 5.70 Å². The maximum Gasteiger partial charge on any atom is 0.00371 e. The number of hydrogen-bond acceptors (Lipinski definition) is 1. The number of aryl methyl sites for hydroxylation is 1. The number of benzene rings is 1. The molecule has 0 saturated heterocycles. The Labute approximate surface area is 86.6 Å². The lowest BCUT2D eigenvalue weighted by atomic mass is 10.1. The topological polar surface area (TPSA) is 26.0 Å². The molecule has 0 aromatic heterocycles. The van der Waals surface area contributed by atoms with Crippen molar-refractivity contribution in [1.82, 2.24) is 0 Å². The van der Waals surface area contributed by atoms with Gasteiger partial charge >= 0.3 is 0 Å². The SMILES string of the molecule is C/C=C(/N)CCCCc1ccccc1. The van der Waals surface area contributed by atoms with Crippen LogP contribution in [0, 0.1) is 0 Å². The Bertz CT molecular complexity index is 275. The van der Waals surface area contributed by atoms with Gasteiger partial charge in [-0.1, -0.05) is 36.4 Å². The Morgan fingerprint density at radius 1 is 1.21 bits per heavy atom. The number of nitrogens with two attached hydrogens (primary N) is 1. The molecule has 1 aromatic carbocycles. The summed E-state index contributed by atoms with van der Waals surface area (Å²) in [6, 6.07) is 10.6. The fourth-order valence-corrected chi connectivity index (χ4v) is 1.45. The predicted molar refractivity (Wildman–Crippen MR) is 61.9 cm³/mol. The van der Waals surface area contributed by atoms with Crippen molar-refractivity contribution in [1.29, 1.82) is 0 Å². The highest BCUT2D eigenvalue weighted by Crippen LogP contribution is 2.07. The Hall–Kier alpha value is -1.24. The molecule has 76 valence electrons. The van der Waals surface area contributed by atoms with Gasteiger partial charge in [0.2, 0.25) is 0 Å². The van der Waals surface area contributed by atoms with Crippen LogP contribution in [0.3, 0.4) is 0 Å². The summed E-state index contributed by atoms with van der Waals surface area (Å²) in [5.41, 5.74) is 8.15. The second-order valence-electron chi connectivity index (χ2n) is 3.56. The molecule has 0 saturated carbocycles. The van der Waals surface area contributed by atoms with Gasteiger partial charge in [-0.3, -0.25) is 0 Å². The molecule has 2 N–H and O–H groups in total. The van der Waals surface area contributed by atoms with Crippen molar-refractivity contribution in [3.05, 3.63) is 47.7 Å². The maximum absolute atomic E-state index is 5.71. The molecule has 1 heteroatoms. The van der Waals surface area contributed by atoms with Gasteiger partial charge in [0.05, 0.1) is 0 Å². The van der Waals surface area contributed by atoms with Gasteiger partial charge in [-0.2, -0.15) is 0 Å². The number of rotatable bonds is 5. The summed E-state index contributed by atoms with van der Waals surface area (Å²) in [5, 5.41) is 0. The van der Waals surface area contributed by atoms with Crippen molar-refractivity contribution in [3.8, 4) is 0 Å². The van der Waals surface area contributed by atoms with Crippen LogP contribution in [0.4, 0.5) is 0 Å². The van der Waals surface area contributed by atoms with Gasteiger partial charge in [0.25, 0.3) is 0 Å². The molecule has 0 radical (unpaired) electrons. The van der Waals surface area contributed by atoms with Crippen molar-refractivity contribution >= 4 is 0 Å². The standard InChI is InChI=1S/C13H19N/c1-2-13(14)11-7-6-10-12-8-4-3-5-9-12/h2-5,8-9H,6-7,10-11,14H2,1H3/b13-2+. The molecule has 1 nitrogen and oxygen atoms in total. The zero-order valence-electron chi connectivity index (χ0n) is 8.87. The van der Waals surface area contributed by atoms with Gasteiger partial charge in [0.1, 0.15) is 0 Å². The number of hydrogen-bond donors (Lipinski definition) is 1. The number of allylic oxidation sites excluding steroid dienone is 2. The lowest BCUT2D eigenvalue weighted by molar-refractivity contribution is 0.725. The predicted octanol–water partition coefficient (Wildman–Crippen LogP) is 3.26. The zero-order chi connectivity index (χ0) is 10.2. The van der Waals surface area contributed by atoms with Gasteiger partial charge in [-0.05, 0) is 38.2 Å². The van der Waals surface area contributed by atoms with Crippen molar-refractivity contribution in [2.24, 2.45) is 5.73 Å². The van der Waals surface area contributed by atoms with Crippen molar-refractivity contribution in [2.45, 2.75) is 32.6 Å². The summed E-state index contributed by atoms with van der Waals surface area (Å²) in [7, 11) is 0. The molecule has 0 unspecified atom stereocenters. The molecule has 0 amide bonds. The van der Waals surface area contributed by atoms with Gasteiger partial charge in [0.15, 0.2) is 0 Å². The average Bonchev–Trinajstić information content (AvgIpc) is 2.25. The highest BCUT2D eigenvalue weighted by atomic mass is 14.6. The first-order valence-corrected chi connectivity index (χ1v) is 5.27. The second-order valence-corrected chi connectivity index (χ2v) is 3.56. The fraction of sp³-hybridized carbons (Fsp3) is 0.385. The molecule has 0 heterocycles. The Balaban J connectivity index is 2.17. The molecular formula is C13H19N. The molecule has 0 aliphatic carbocycles. The second kappa shape index (κ2) is 6.25. The minimum atomic E-state index is 1.01. The molecule has 0 fully saturated rings. The van der Waals surface area contributed by atoms with Gasteiger partial charge < -0.3 is 5.73 Å². The third-order valence-corrected chi connectivity index (χ3v) is 2.39. The van der Waals surface area contributed by atoms with E-state index >= 15 is 0 Å². The van der Waals surface area contributed by atoms with Crippen LogP contribution in [-0.4, -0.2) is 0 Å². The molecule has 0 aliphatic rings. The summed E-state index contributed by atoms with van der Waals surface area (Å²) in [6.07, 6.45) is 6.59. The van der Waals surface area contributed by atoms with E-state index in [4.69, 9.17) is 5.73 Å². The average molecular weight is 189 g/mol. The summed E-state index contributed by atoms with van der Waals surface area (Å²) in [5.74, 6) is 0. The van der Waals surface area contributed by atoms with E-state index in [0.29, 0.717) is 0 Å². The molecule has 0 bridgehead atoms. The van der Waals surface area contributed by atoms with E-state index in [2.05, 4.69) is 30.3 Å². The van der Waals surface area contributed by atoms with Crippen LogP contribution in [0.5, 0.6) is 0 Å². The molecule has 1 aromatic rings. The van der Waals surface area contributed by atoms with E-state index in [1.54, 1.807) is 0 Å². The number of unbranched alkanes of at least 4 members (excludes halogenated alkanes) is 1. The Kier molecular flexibility index (Phi) is 4.84. The Morgan fingerprint density at radius 3 is 2.57 bits per heavy atom. The summed E-state index contributed by atoms with van der Waals surface area (Å²) < 4.78 is 0. The van der Waals surface area contributed by atoms with Crippen LogP contribution in [-0.2, 0) is 6.42 Å². The quantitative estimate of drug-likeness (QED) is 0.707. The summed E-state index contributed by atoms with van der Waals surface area (Å²) in [4.78, 5) is 0. The molecule has 0 aliphatic heterocycles. The minimum absolute atomic E-state index is 1.01. The zero-order valence-corrected chi connectivity index (χ0v) is 8.87. The van der Waals surface area contributed by atoms with E-state index in [-0.39, 0.29) is 0 Å². The van der Waals surface area contributed by atoms with Crippen molar-refractivity contribution in [2.75, 3.05) is 0 Å². The molecule has 1 rings (SSSR count). The van der Waals surface area contributed by atoms with E-state index in [9.17, 15) is 0 Å². The van der Waals surface area contributed by atoms with Crippen molar-refractivity contribution < 1.29 is 0 Å². The van der Waals surface area contributed by atoms with E-state index in [0.717, 1.165) is 18.5 Å². The maximum atomic E-state index is 5.71. The highest BCUT2D eigenvalue weighted by Gasteiger charge is 1.93. The van der Waals surface area contributed by atoms with Crippen LogP contribution in [0.25, 0.3) is 0 Å². The van der Waals surface area contributed by atoms with E-state index in [1.165, 1.54) is 18.4 Å². The normalized spacial score (nSPS) is 11.6. The van der Waals surface area contributed by atoms with Crippen LogP contribution in [0.15, 0.2) is 42.1 Å². The smallest absolute Gasteiger partial charge is 0.00371 e. The molecule has 0 atom stereocenters. The van der Waals surface area contributed by atoms with Gasteiger partial charge in [-0.25, -0.2) is 0 Å². The van der Waals surface area contributed by atoms with E-state index in [1.807, 2.05) is 13.0 Å². The van der Waals surface area contributed by atoms with Crippen molar-refractivity contribution in [3.63, 3.8) is 0 Å². The molecule has 14 heavy (non-hydrogen) atoms. The first-order valence-electron chi connectivity index (χ1n) is 5.27. The minimum Gasteiger partial charge on any atom is -0.402 e. The highest BCUT2D eigenvalue weighted by molar-refractivity contribution is 5.14. The van der Waals surface area contributed by atoms with Gasteiger partial charge in [-0.15, -0.1) is 0 Å². The fourth-order valence-electron chi connectivity index (χ4n) is 1.45. The molecular weight excluding hydrogens is 170 g/mol. The third kappa shape index (κ3) is 4.13. The monoisotopic (exact) mass is 189 g/mol. The van der Waals surface area contributed by atoms with Crippen LogP contribution < -0.4 is 5.73 Å². The lowest BCUT2D eigenvalue weighted by Gasteiger charge is -2.01. The summed E-state index contributed by atoms with van der Waals surface area (Å²) >= 11 is 0. The van der Waals surface area contributed by atoms with Crippen LogP contribution in [0.1, 0.15) is 31.7 Å². The third-order valence-electron chi connectivity index (χ3n) is 2.39. The van der Waals surface area contributed by atoms with Crippen LogP contribution >= 0.6 is 0 Å². The lowest BCUT2D eigenvalue weighted by Crippen LogP contribution is -1.96. The van der Waals surface area contributed by atoms with Crippen LogP contribution in [0.2, 0.25) is 0 Å². The first kappa shape index (κ1) is 10.8. The molecule has 0 spiro atoms. The summed E-state index contributed by atoms with van der Waals surface area (Å²) in [6.45, 7) is 1.99. The van der Waals surface area contributed by atoms with E-state index < -0.39 is 0 Å².